The standard InChI is InChI=1S/C50H41NO2/c1-51(2)38-26-22-36(23-27-38)50(37-24-28-39(52-3)29-25-37)31-30-43-46-45(40-18-10-11-19-41(40)47(43)53-50)42-20-12-13-21-44(42)49(46)32-48(33-49,34-14-6-4-7-15-34)35-16-8-5-9-17-35/h4-31H,32-33H2,1-3H3. The molecule has 258 valence electrons. The van der Waals surface area contributed by atoms with E-state index in [-0.39, 0.29) is 10.8 Å². The molecule has 1 fully saturated rings. The smallest absolute Gasteiger partial charge is 0.178 e. The summed E-state index contributed by atoms with van der Waals surface area (Å²) in [5, 5.41) is 2.38. The first kappa shape index (κ1) is 31.7. The summed E-state index contributed by atoms with van der Waals surface area (Å²) in [5.41, 5.74) is 11.6. The van der Waals surface area contributed by atoms with Crippen LogP contribution in [-0.2, 0) is 16.4 Å². The lowest BCUT2D eigenvalue weighted by atomic mass is 9.45. The van der Waals surface area contributed by atoms with Crippen molar-refractivity contribution in [2.45, 2.75) is 29.3 Å². The van der Waals surface area contributed by atoms with Crippen molar-refractivity contribution in [3.8, 4) is 22.6 Å². The molecule has 0 saturated heterocycles. The Hall–Kier alpha value is -6.06. The second-order valence-corrected chi connectivity index (χ2v) is 15.2. The minimum atomic E-state index is -0.850. The minimum absolute atomic E-state index is 0.115. The SMILES string of the molecule is COc1ccc(C2(c3ccc(N(C)C)cc3)C=Cc3c4c(c5ccccc5c3O2)-c2ccccc2C42CC(c3ccccc3)(c3ccccc3)C2)cc1. The molecule has 1 aliphatic heterocycles. The summed E-state index contributed by atoms with van der Waals surface area (Å²) < 4.78 is 13.2. The number of hydrogen-bond acceptors (Lipinski definition) is 3. The Morgan fingerprint density at radius 2 is 1.13 bits per heavy atom. The first-order chi connectivity index (χ1) is 26.0. The molecule has 1 spiro atoms. The molecule has 3 aliphatic rings. The van der Waals surface area contributed by atoms with Gasteiger partial charge in [-0.3, -0.25) is 0 Å². The van der Waals surface area contributed by atoms with E-state index in [1.165, 1.54) is 44.3 Å². The molecule has 7 aromatic carbocycles. The van der Waals surface area contributed by atoms with Gasteiger partial charge in [-0.25, -0.2) is 0 Å². The highest BCUT2D eigenvalue weighted by Crippen LogP contribution is 2.70. The Morgan fingerprint density at radius 1 is 0.566 bits per heavy atom. The molecule has 1 atom stereocenters. The predicted octanol–water partition coefficient (Wildman–Crippen LogP) is 11.3. The van der Waals surface area contributed by atoms with Crippen LogP contribution in [0.4, 0.5) is 5.69 Å². The van der Waals surface area contributed by atoms with Gasteiger partial charge in [0.1, 0.15) is 11.5 Å². The minimum Gasteiger partial charge on any atom is -0.497 e. The van der Waals surface area contributed by atoms with Crippen molar-refractivity contribution in [3.63, 3.8) is 0 Å². The van der Waals surface area contributed by atoms with Crippen LogP contribution >= 0.6 is 0 Å². The van der Waals surface area contributed by atoms with Gasteiger partial charge >= 0.3 is 0 Å². The highest BCUT2D eigenvalue weighted by Gasteiger charge is 2.62. The van der Waals surface area contributed by atoms with Crippen LogP contribution in [0.25, 0.3) is 28.0 Å². The van der Waals surface area contributed by atoms with E-state index in [0.29, 0.717) is 0 Å². The van der Waals surface area contributed by atoms with Gasteiger partial charge in [0, 0.05) is 52.7 Å². The summed E-state index contributed by atoms with van der Waals surface area (Å²) in [6.07, 6.45) is 6.64. The lowest BCUT2D eigenvalue weighted by Gasteiger charge is -2.57. The topological polar surface area (TPSA) is 21.7 Å². The van der Waals surface area contributed by atoms with Gasteiger partial charge in [0.05, 0.1) is 7.11 Å². The van der Waals surface area contributed by atoms with E-state index in [9.17, 15) is 0 Å². The van der Waals surface area contributed by atoms with Gasteiger partial charge in [0.2, 0.25) is 0 Å². The van der Waals surface area contributed by atoms with Crippen molar-refractivity contribution >= 4 is 22.5 Å². The van der Waals surface area contributed by atoms with Crippen LogP contribution in [0.5, 0.6) is 11.5 Å². The van der Waals surface area contributed by atoms with Crippen molar-refractivity contribution in [1.82, 2.24) is 0 Å². The van der Waals surface area contributed by atoms with Gasteiger partial charge in [-0.15, -0.1) is 0 Å². The summed E-state index contributed by atoms with van der Waals surface area (Å²) in [6, 6.07) is 57.5. The predicted molar refractivity (Wildman–Crippen MR) is 217 cm³/mol. The van der Waals surface area contributed by atoms with Crippen LogP contribution in [0.3, 0.4) is 0 Å². The van der Waals surface area contributed by atoms with Crippen LogP contribution < -0.4 is 14.4 Å². The molecule has 3 nitrogen and oxygen atoms in total. The first-order valence-corrected chi connectivity index (χ1v) is 18.6. The van der Waals surface area contributed by atoms with Gasteiger partial charge in [0.15, 0.2) is 5.60 Å². The zero-order valence-electron chi connectivity index (χ0n) is 30.3. The van der Waals surface area contributed by atoms with Crippen LogP contribution in [-0.4, -0.2) is 21.2 Å². The summed E-state index contributed by atoms with van der Waals surface area (Å²) >= 11 is 0. The Bertz CT molecular complexity index is 2490. The largest absolute Gasteiger partial charge is 0.497 e. The van der Waals surface area contributed by atoms with E-state index >= 15 is 0 Å². The molecule has 0 N–H and O–H groups in total. The number of methoxy groups -OCH3 is 1. The first-order valence-electron chi connectivity index (χ1n) is 18.6. The molecule has 7 aromatic rings. The summed E-state index contributed by atoms with van der Waals surface area (Å²) in [6.45, 7) is 0. The lowest BCUT2D eigenvalue weighted by molar-refractivity contribution is 0.158. The van der Waals surface area contributed by atoms with E-state index in [4.69, 9.17) is 9.47 Å². The van der Waals surface area contributed by atoms with Crippen LogP contribution in [0.15, 0.2) is 164 Å². The fourth-order valence-corrected chi connectivity index (χ4v) is 9.88. The van der Waals surface area contributed by atoms with Gasteiger partial charge in [0.25, 0.3) is 0 Å². The molecule has 1 heterocycles. The number of fused-ring (bicyclic) bond motifs is 10. The highest BCUT2D eigenvalue weighted by atomic mass is 16.5. The van der Waals surface area contributed by atoms with Crippen LogP contribution in [0, 0.1) is 0 Å². The summed E-state index contributed by atoms with van der Waals surface area (Å²) in [5.74, 6) is 1.76. The Morgan fingerprint density at radius 3 is 1.75 bits per heavy atom. The molecule has 0 bridgehead atoms. The quantitative estimate of drug-likeness (QED) is 0.174. The molecule has 10 rings (SSSR count). The molecule has 53 heavy (non-hydrogen) atoms. The molecule has 0 amide bonds. The van der Waals surface area contributed by atoms with Crippen molar-refractivity contribution < 1.29 is 9.47 Å². The van der Waals surface area contributed by atoms with Crippen molar-refractivity contribution in [3.05, 3.63) is 203 Å². The van der Waals surface area contributed by atoms with Crippen molar-refractivity contribution in [1.29, 1.82) is 0 Å². The molecule has 1 unspecified atom stereocenters. The fraction of sp³-hybridized carbons (Fsp3) is 0.160. The maximum atomic E-state index is 7.64. The molecule has 0 aromatic heterocycles. The number of benzene rings is 7. The Balaban J connectivity index is 1.22. The lowest BCUT2D eigenvalue weighted by Crippen LogP contribution is -2.53. The molecule has 2 aliphatic carbocycles. The molecule has 1 saturated carbocycles. The van der Waals surface area contributed by atoms with Crippen molar-refractivity contribution in [2.75, 3.05) is 26.1 Å². The number of nitrogens with zero attached hydrogens (tertiary/aromatic N) is 1. The molecule has 0 radical (unpaired) electrons. The normalized spacial score (nSPS) is 18.4. The van der Waals surface area contributed by atoms with E-state index in [1.54, 1.807) is 7.11 Å². The second-order valence-electron chi connectivity index (χ2n) is 15.2. The maximum Gasteiger partial charge on any atom is 0.178 e. The highest BCUT2D eigenvalue weighted by molar-refractivity contribution is 6.09. The Labute approximate surface area is 311 Å². The number of hydrogen-bond donors (Lipinski definition) is 0. The maximum absolute atomic E-state index is 7.64. The third kappa shape index (κ3) is 4.47. The number of rotatable bonds is 6. The number of ether oxygens (including phenoxy) is 2. The second kappa shape index (κ2) is 11.7. The van der Waals surface area contributed by atoms with Crippen LogP contribution in [0.1, 0.15) is 51.8 Å². The summed E-state index contributed by atoms with van der Waals surface area (Å²) in [4.78, 5) is 2.13. The average Bonchev–Trinajstić information content (AvgIpc) is 3.52. The van der Waals surface area contributed by atoms with E-state index < -0.39 is 5.60 Å². The van der Waals surface area contributed by atoms with E-state index in [1.807, 2.05) is 12.1 Å². The number of anilines is 1. The van der Waals surface area contributed by atoms with E-state index in [0.717, 1.165) is 46.5 Å². The zero-order chi connectivity index (χ0) is 35.8. The van der Waals surface area contributed by atoms with E-state index in [2.05, 4.69) is 177 Å². The summed E-state index contributed by atoms with van der Waals surface area (Å²) in [7, 11) is 5.86. The molecular weight excluding hydrogens is 647 g/mol. The average molecular weight is 688 g/mol. The van der Waals surface area contributed by atoms with Gasteiger partial charge < -0.3 is 14.4 Å². The van der Waals surface area contributed by atoms with Gasteiger partial charge in [-0.05, 0) is 82.0 Å². The van der Waals surface area contributed by atoms with Gasteiger partial charge in [-0.1, -0.05) is 140 Å². The monoisotopic (exact) mass is 687 g/mol. The molecular formula is C50H41NO2. The third-order valence-electron chi connectivity index (χ3n) is 12.3. The zero-order valence-corrected chi connectivity index (χ0v) is 30.3. The molecule has 3 heteroatoms. The third-order valence-corrected chi connectivity index (χ3v) is 12.3. The van der Waals surface area contributed by atoms with Gasteiger partial charge in [-0.2, -0.15) is 0 Å². The van der Waals surface area contributed by atoms with Crippen molar-refractivity contribution in [2.24, 2.45) is 0 Å². The Kier molecular flexibility index (Phi) is 7.01. The fourth-order valence-electron chi connectivity index (χ4n) is 9.88. The van der Waals surface area contributed by atoms with Crippen LogP contribution in [0.2, 0.25) is 0 Å².